The third-order valence-electron chi connectivity index (χ3n) is 1.69. The van der Waals surface area contributed by atoms with Gasteiger partial charge in [0.15, 0.2) is 5.16 Å². The number of methoxy groups -OCH3 is 1. The van der Waals surface area contributed by atoms with Gasteiger partial charge in [0.25, 0.3) is 0 Å². The first kappa shape index (κ1) is 14.0. The quantitative estimate of drug-likeness (QED) is 0.730. The first-order valence-corrected chi connectivity index (χ1v) is 7.77. The lowest BCUT2D eigenvalue weighted by Gasteiger charge is -2.04. The maximum atomic E-state index is 11.0. The number of nitrogens with one attached hydrogen (secondary N) is 1. The second-order valence-electron chi connectivity index (χ2n) is 3.16. The highest BCUT2D eigenvalue weighted by molar-refractivity contribution is 8.00. The highest BCUT2D eigenvalue weighted by Gasteiger charge is 2.08. The van der Waals surface area contributed by atoms with Crippen LogP contribution >= 0.6 is 11.8 Å². The number of aromatic nitrogens is 3. The Morgan fingerprint density at radius 1 is 1.35 bits per heavy atom. The second-order valence-corrected chi connectivity index (χ2v) is 6.48. The number of anilines is 1. The van der Waals surface area contributed by atoms with Crippen LogP contribution in [0.1, 0.15) is 0 Å². The fourth-order valence-electron chi connectivity index (χ4n) is 0.890. The highest BCUT2D eigenvalue weighted by atomic mass is 32.2. The van der Waals surface area contributed by atoms with E-state index in [4.69, 9.17) is 4.74 Å². The van der Waals surface area contributed by atoms with E-state index in [0.717, 1.165) is 0 Å². The predicted octanol–water partition coefficient (Wildman–Crippen LogP) is 0.0586. The van der Waals surface area contributed by atoms with Crippen molar-refractivity contribution in [1.82, 2.24) is 15.0 Å². The van der Waals surface area contributed by atoms with E-state index in [1.165, 1.54) is 25.1 Å². The number of nitrogens with zero attached hydrogens (tertiary/aromatic N) is 3. The number of thioether (sulfide) groups is 1. The maximum Gasteiger partial charge on any atom is 0.321 e. The van der Waals surface area contributed by atoms with Crippen molar-refractivity contribution in [3.63, 3.8) is 0 Å². The molecule has 0 amide bonds. The van der Waals surface area contributed by atoms with E-state index in [2.05, 4.69) is 20.3 Å². The molecule has 1 N–H and O–H groups in total. The van der Waals surface area contributed by atoms with Gasteiger partial charge in [0.1, 0.15) is 9.84 Å². The van der Waals surface area contributed by atoms with E-state index in [-0.39, 0.29) is 11.8 Å². The van der Waals surface area contributed by atoms with Crippen molar-refractivity contribution in [2.24, 2.45) is 0 Å². The summed E-state index contributed by atoms with van der Waals surface area (Å²) in [6.45, 7) is 0. The van der Waals surface area contributed by atoms with Gasteiger partial charge in [-0.1, -0.05) is 11.8 Å². The number of ether oxygens (including phenoxy) is 1. The lowest BCUT2D eigenvalue weighted by molar-refractivity contribution is 0.374. The summed E-state index contributed by atoms with van der Waals surface area (Å²) in [5.41, 5.74) is 0. The molecule has 1 rings (SSSR count). The van der Waals surface area contributed by atoms with Gasteiger partial charge < -0.3 is 10.1 Å². The minimum atomic E-state index is -2.96. The van der Waals surface area contributed by atoms with Gasteiger partial charge in [-0.3, -0.25) is 0 Å². The minimum absolute atomic E-state index is 0.0839. The molecule has 1 aromatic rings. The molecule has 1 aromatic heterocycles. The molecule has 0 atom stereocenters. The molecule has 0 aliphatic heterocycles. The molecule has 0 radical (unpaired) electrons. The topological polar surface area (TPSA) is 94.1 Å². The summed E-state index contributed by atoms with van der Waals surface area (Å²) in [6.07, 6.45) is 1.20. The van der Waals surface area contributed by atoms with Crippen LogP contribution in [-0.2, 0) is 9.84 Å². The summed E-state index contributed by atoms with van der Waals surface area (Å²) in [5, 5.41) is 3.21. The first-order chi connectivity index (χ1) is 7.94. The lowest BCUT2D eigenvalue weighted by Crippen LogP contribution is -2.07. The van der Waals surface area contributed by atoms with Gasteiger partial charge in [0, 0.05) is 19.1 Å². The zero-order valence-electron chi connectivity index (χ0n) is 9.80. The Morgan fingerprint density at radius 3 is 2.59 bits per heavy atom. The Labute approximate surface area is 104 Å². The number of hydrogen-bond acceptors (Lipinski definition) is 8. The lowest BCUT2D eigenvalue weighted by atomic mass is 10.9. The molecule has 0 bridgehead atoms. The van der Waals surface area contributed by atoms with Crippen LogP contribution in [0.4, 0.5) is 5.95 Å². The van der Waals surface area contributed by atoms with E-state index in [1.54, 1.807) is 7.05 Å². The van der Waals surface area contributed by atoms with Gasteiger partial charge in [-0.15, -0.1) is 0 Å². The van der Waals surface area contributed by atoms with Crippen LogP contribution < -0.4 is 10.1 Å². The molecule has 0 saturated carbocycles. The third-order valence-corrected chi connectivity index (χ3v) is 3.74. The molecule has 0 spiro atoms. The van der Waals surface area contributed by atoms with Crippen LogP contribution in [0.15, 0.2) is 5.16 Å². The van der Waals surface area contributed by atoms with Crippen LogP contribution in [0.2, 0.25) is 0 Å². The zero-order chi connectivity index (χ0) is 12.9. The molecular formula is C8H14N4O3S2. The van der Waals surface area contributed by atoms with Crippen LogP contribution in [0.5, 0.6) is 6.01 Å². The third kappa shape index (κ3) is 5.18. The fraction of sp³-hybridized carbons (Fsp3) is 0.625. The number of hydrogen-bond donors (Lipinski definition) is 1. The second kappa shape index (κ2) is 6.01. The SMILES string of the molecule is CNc1nc(OC)nc(SCCS(C)(=O)=O)n1. The van der Waals surface area contributed by atoms with Crippen molar-refractivity contribution >= 4 is 27.5 Å². The van der Waals surface area contributed by atoms with Gasteiger partial charge in [-0.2, -0.15) is 15.0 Å². The predicted molar refractivity (Wildman–Crippen MR) is 66.4 cm³/mol. The molecule has 9 heteroatoms. The maximum absolute atomic E-state index is 11.0. The fourth-order valence-corrected chi connectivity index (χ4v) is 2.91. The van der Waals surface area contributed by atoms with Crippen molar-refractivity contribution < 1.29 is 13.2 Å². The summed E-state index contributed by atoms with van der Waals surface area (Å²) in [6, 6.07) is 0.200. The van der Waals surface area contributed by atoms with Crippen LogP contribution in [0.25, 0.3) is 0 Å². The number of rotatable bonds is 6. The van der Waals surface area contributed by atoms with E-state index in [0.29, 0.717) is 16.9 Å². The van der Waals surface area contributed by atoms with Gasteiger partial charge in [0.05, 0.1) is 12.9 Å². The normalized spacial score (nSPS) is 11.2. The molecule has 0 unspecified atom stereocenters. The molecule has 0 saturated heterocycles. The average molecular weight is 278 g/mol. The molecule has 0 fully saturated rings. The van der Waals surface area contributed by atoms with Crippen molar-refractivity contribution in [2.45, 2.75) is 5.16 Å². The van der Waals surface area contributed by atoms with Gasteiger partial charge in [-0.05, 0) is 0 Å². The minimum Gasteiger partial charge on any atom is -0.467 e. The molecule has 0 aliphatic rings. The Hall–Kier alpha value is -1.09. The van der Waals surface area contributed by atoms with E-state index in [9.17, 15) is 8.42 Å². The van der Waals surface area contributed by atoms with E-state index < -0.39 is 9.84 Å². The van der Waals surface area contributed by atoms with Crippen LogP contribution in [0.3, 0.4) is 0 Å². The highest BCUT2D eigenvalue weighted by Crippen LogP contribution is 2.17. The summed E-state index contributed by atoms with van der Waals surface area (Å²) in [4.78, 5) is 12.0. The van der Waals surface area contributed by atoms with Crippen molar-refractivity contribution in [2.75, 3.05) is 37.2 Å². The Bertz CT molecular complexity index is 455. The molecule has 7 nitrogen and oxygen atoms in total. The molecule has 17 heavy (non-hydrogen) atoms. The molecular weight excluding hydrogens is 264 g/mol. The first-order valence-electron chi connectivity index (χ1n) is 4.73. The van der Waals surface area contributed by atoms with Crippen molar-refractivity contribution in [3.05, 3.63) is 0 Å². The Balaban J connectivity index is 2.70. The summed E-state index contributed by atoms with van der Waals surface area (Å²) >= 11 is 1.24. The standard InChI is InChI=1S/C8H14N4O3S2/c1-9-6-10-7(15-2)12-8(11-6)16-4-5-17(3,13)14/h4-5H2,1-3H3,(H,9,10,11,12). The average Bonchev–Trinajstić information content (AvgIpc) is 2.26. The monoisotopic (exact) mass is 278 g/mol. The van der Waals surface area contributed by atoms with Gasteiger partial charge >= 0.3 is 6.01 Å². The molecule has 0 aromatic carbocycles. The van der Waals surface area contributed by atoms with Crippen LogP contribution in [0, 0.1) is 0 Å². The van der Waals surface area contributed by atoms with Gasteiger partial charge in [-0.25, -0.2) is 8.42 Å². The molecule has 0 aliphatic carbocycles. The molecule has 1 heterocycles. The Morgan fingerprint density at radius 2 is 2.06 bits per heavy atom. The van der Waals surface area contributed by atoms with E-state index >= 15 is 0 Å². The van der Waals surface area contributed by atoms with E-state index in [1.807, 2.05) is 0 Å². The van der Waals surface area contributed by atoms with Crippen molar-refractivity contribution in [1.29, 1.82) is 0 Å². The summed E-state index contributed by atoms with van der Waals surface area (Å²) < 4.78 is 26.8. The van der Waals surface area contributed by atoms with Gasteiger partial charge in [0.2, 0.25) is 5.95 Å². The number of sulfone groups is 1. The summed E-state index contributed by atoms with van der Waals surface area (Å²) in [5.74, 6) is 0.870. The smallest absolute Gasteiger partial charge is 0.321 e. The summed E-state index contributed by atoms with van der Waals surface area (Å²) in [7, 11) is 0.174. The van der Waals surface area contributed by atoms with Crippen molar-refractivity contribution in [3.8, 4) is 6.01 Å². The largest absolute Gasteiger partial charge is 0.467 e. The zero-order valence-corrected chi connectivity index (χ0v) is 11.4. The molecule has 96 valence electrons. The Kier molecular flexibility index (Phi) is 4.94. The van der Waals surface area contributed by atoms with Crippen LogP contribution in [-0.4, -0.2) is 55.3 Å².